The molecular weight excluding hydrogens is 454 g/mol. The van der Waals surface area contributed by atoms with Crippen molar-refractivity contribution < 1.29 is 14.7 Å². The number of aliphatic hydroxyl groups is 1. The molecule has 1 heterocycles. The Labute approximate surface area is 212 Å². The zero-order valence-electron chi connectivity index (χ0n) is 21.0. The Hall–Kier alpha value is -3.78. The zero-order chi connectivity index (χ0) is 25.7. The van der Waals surface area contributed by atoms with Gasteiger partial charge in [0.15, 0.2) is 0 Å². The van der Waals surface area contributed by atoms with Gasteiger partial charge in [0.25, 0.3) is 5.91 Å². The molecule has 0 saturated heterocycles. The number of carbonyl (C=O) groups excluding carboxylic acids is 2. The van der Waals surface area contributed by atoms with Gasteiger partial charge in [-0.1, -0.05) is 55.3 Å². The van der Waals surface area contributed by atoms with Gasteiger partial charge in [0.05, 0.1) is 23.9 Å². The SMILES string of the molecule is CN(CC(O)c1cccc(NC(=O)C2CCCC2)c1)C(=O)c1cnc(N(C)C)nc1-c1ccccc1. The van der Waals surface area contributed by atoms with Crippen molar-refractivity contribution in [2.75, 3.05) is 37.9 Å². The van der Waals surface area contributed by atoms with E-state index in [9.17, 15) is 14.7 Å². The lowest BCUT2D eigenvalue weighted by Gasteiger charge is -2.23. The quantitative estimate of drug-likeness (QED) is 0.495. The molecule has 1 unspecified atom stereocenters. The number of likely N-dealkylation sites (N-methyl/N-ethyl adjacent to an activating group) is 1. The molecule has 1 aromatic heterocycles. The molecule has 188 valence electrons. The van der Waals surface area contributed by atoms with Crippen molar-refractivity contribution in [2.45, 2.75) is 31.8 Å². The Morgan fingerprint density at radius 3 is 2.47 bits per heavy atom. The monoisotopic (exact) mass is 487 g/mol. The van der Waals surface area contributed by atoms with Crippen molar-refractivity contribution in [2.24, 2.45) is 5.92 Å². The molecular formula is C28H33N5O3. The van der Waals surface area contributed by atoms with E-state index >= 15 is 0 Å². The third kappa shape index (κ3) is 5.88. The average Bonchev–Trinajstić information content (AvgIpc) is 3.44. The van der Waals surface area contributed by atoms with Crippen LogP contribution in [-0.4, -0.2) is 59.5 Å². The van der Waals surface area contributed by atoms with Crippen LogP contribution in [-0.2, 0) is 4.79 Å². The summed E-state index contributed by atoms with van der Waals surface area (Å²) < 4.78 is 0. The van der Waals surface area contributed by atoms with Gasteiger partial charge < -0.3 is 20.2 Å². The molecule has 1 fully saturated rings. The largest absolute Gasteiger partial charge is 0.387 e. The highest BCUT2D eigenvalue weighted by Gasteiger charge is 2.24. The highest BCUT2D eigenvalue weighted by molar-refractivity contribution is 5.99. The van der Waals surface area contributed by atoms with Crippen molar-refractivity contribution in [1.29, 1.82) is 0 Å². The smallest absolute Gasteiger partial charge is 0.257 e. The van der Waals surface area contributed by atoms with Crippen LogP contribution in [0.2, 0.25) is 0 Å². The minimum absolute atomic E-state index is 0.0287. The number of nitrogens with zero attached hydrogens (tertiary/aromatic N) is 4. The number of hydrogen-bond donors (Lipinski definition) is 2. The van der Waals surface area contributed by atoms with Crippen LogP contribution in [0.1, 0.15) is 47.7 Å². The van der Waals surface area contributed by atoms with Gasteiger partial charge in [0.1, 0.15) is 0 Å². The Kier molecular flexibility index (Phi) is 7.95. The van der Waals surface area contributed by atoms with Crippen LogP contribution in [0, 0.1) is 5.92 Å². The fraction of sp³-hybridized carbons (Fsp3) is 0.357. The number of hydrogen-bond acceptors (Lipinski definition) is 6. The number of nitrogens with one attached hydrogen (secondary N) is 1. The van der Waals surface area contributed by atoms with Crippen molar-refractivity contribution in [3.63, 3.8) is 0 Å². The van der Waals surface area contributed by atoms with Gasteiger partial charge in [-0.25, -0.2) is 9.97 Å². The molecule has 1 atom stereocenters. The predicted molar refractivity (Wildman–Crippen MR) is 141 cm³/mol. The Morgan fingerprint density at radius 2 is 1.78 bits per heavy atom. The van der Waals surface area contributed by atoms with Crippen LogP contribution in [0.25, 0.3) is 11.3 Å². The summed E-state index contributed by atoms with van der Waals surface area (Å²) in [6.07, 6.45) is 4.63. The van der Waals surface area contributed by atoms with Gasteiger partial charge in [0.2, 0.25) is 11.9 Å². The number of anilines is 2. The molecule has 0 radical (unpaired) electrons. The average molecular weight is 488 g/mol. The first-order valence-electron chi connectivity index (χ1n) is 12.3. The van der Waals surface area contributed by atoms with Gasteiger partial charge >= 0.3 is 0 Å². The van der Waals surface area contributed by atoms with E-state index in [1.165, 1.54) is 11.1 Å². The van der Waals surface area contributed by atoms with Gasteiger partial charge in [0, 0.05) is 44.5 Å². The second-order valence-electron chi connectivity index (χ2n) is 9.49. The number of aromatic nitrogens is 2. The maximum atomic E-state index is 13.4. The highest BCUT2D eigenvalue weighted by Crippen LogP contribution is 2.27. The van der Waals surface area contributed by atoms with Crippen LogP contribution in [0.3, 0.4) is 0 Å². The summed E-state index contributed by atoms with van der Waals surface area (Å²) in [5, 5.41) is 13.9. The summed E-state index contributed by atoms with van der Waals surface area (Å²) >= 11 is 0. The number of benzene rings is 2. The minimum Gasteiger partial charge on any atom is -0.387 e. The number of aliphatic hydroxyl groups excluding tert-OH is 1. The van der Waals surface area contributed by atoms with Crippen LogP contribution >= 0.6 is 0 Å². The normalized spacial score (nSPS) is 14.3. The lowest BCUT2D eigenvalue weighted by molar-refractivity contribution is -0.119. The first-order chi connectivity index (χ1) is 17.3. The van der Waals surface area contributed by atoms with E-state index in [2.05, 4.69) is 15.3 Å². The van der Waals surface area contributed by atoms with Crippen LogP contribution in [0.4, 0.5) is 11.6 Å². The lowest BCUT2D eigenvalue weighted by atomic mass is 10.0. The minimum atomic E-state index is -0.926. The fourth-order valence-electron chi connectivity index (χ4n) is 4.47. The molecule has 1 aliphatic carbocycles. The standard InChI is InChI=1S/C28H33N5O3/c1-32(2)28-29-17-23(25(31-28)19-10-5-4-6-11-19)27(36)33(3)18-24(34)21-14-9-15-22(16-21)30-26(35)20-12-7-8-13-20/h4-6,9-11,14-17,20,24,34H,7-8,12-13,18H2,1-3H3,(H,30,35). The summed E-state index contributed by atoms with van der Waals surface area (Å²) in [4.78, 5) is 38.1. The van der Waals surface area contributed by atoms with Crippen LogP contribution < -0.4 is 10.2 Å². The van der Waals surface area contributed by atoms with Crippen molar-refractivity contribution >= 4 is 23.5 Å². The maximum absolute atomic E-state index is 13.4. The van der Waals surface area contributed by atoms with Gasteiger partial charge in [-0.3, -0.25) is 9.59 Å². The van der Waals surface area contributed by atoms with Crippen LogP contribution in [0.15, 0.2) is 60.8 Å². The van der Waals surface area contributed by atoms with E-state index in [0.717, 1.165) is 31.2 Å². The summed E-state index contributed by atoms with van der Waals surface area (Å²) in [7, 11) is 5.34. The van der Waals surface area contributed by atoms with Crippen molar-refractivity contribution in [3.8, 4) is 11.3 Å². The van der Waals surface area contributed by atoms with E-state index < -0.39 is 6.10 Å². The molecule has 1 aliphatic rings. The molecule has 8 heteroatoms. The van der Waals surface area contributed by atoms with E-state index in [0.29, 0.717) is 28.5 Å². The van der Waals surface area contributed by atoms with E-state index in [-0.39, 0.29) is 24.3 Å². The molecule has 2 N–H and O–H groups in total. The van der Waals surface area contributed by atoms with Crippen molar-refractivity contribution in [3.05, 3.63) is 71.9 Å². The molecule has 0 spiro atoms. The molecule has 1 saturated carbocycles. The first-order valence-corrected chi connectivity index (χ1v) is 12.3. The molecule has 0 bridgehead atoms. The van der Waals surface area contributed by atoms with Crippen molar-refractivity contribution in [1.82, 2.24) is 14.9 Å². The van der Waals surface area contributed by atoms with Gasteiger partial charge in [-0.15, -0.1) is 0 Å². The highest BCUT2D eigenvalue weighted by atomic mass is 16.3. The Bertz CT molecular complexity index is 1210. The predicted octanol–water partition coefficient (Wildman–Crippen LogP) is 4.14. The summed E-state index contributed by atoms with van der Waals surface area (Å²) in [5.74, 6) is 0.303. The van der Waals surface area contributed by atoms with Gasteiger partial charge in [-0.2, -0.15) is 0 Å². The summed E-state index contributed by atoms with van der Waals surface area (Å²) in [5.41, 5.74) is 2.99. The van der Waals surface area contributed by atoms with Crippen LogP contribution in [0.5, 0.6) is 0 Å². The molecule has 4 rings (SSSR count). The number of amides is 2. The summed E-state index contributed by atoms with van der Waals surface area (Å²) in [6.45, 7) is 0.0719. The first kappa shape index (κ1) is 25.3. The maximum Gasteiger partial charge on any atom is 0.257 e. The third-order valence-corrected chi connectivity index (χ3v) is 6.51. The summed E-state index contributed by atoms with van der Waals surface area (Å²) in [6, 6.07) is 16.7. The molecule has 36 heavy (non-hydrogen) atoms. The van der Waals surface area contributed by atoms with E-state index in [1.54, 1.807) is 30.1 Å². The Balaban J connectivity index is 1.49. The molecule has 0 aliphatic heterocycles. The molecule has 2 amide bonds. The number of carbonyl (C=O) groups is 2. The molecule has 8 nitrogen and oxygen atoms in total. The molecule has 2 aromatic carbocycles. The second-order valence-corrected chi connectivity index (χ2v) is 9.49. The van der Waals surface area contributed by atoms with E-state index in [1.807, 2.05) is 50.5 Å². The molecule has 3 aromatic rings. The second kappa shape index (κ2) is 11.3. The lowest BCUT2D eigenvalue weighted by Crippen LogP contribution is -2.32. The third-order valence-electron chi connectivity index (χ3n) is 6.51. The number of rotatable bonds is 8. The van der Waals surface area contributed by atoms with Gasteiger partial charge in [-0.05, 0) is 30.5 Å². The Morgan fingerprint density at radius 1 is 1.06 bits per heavy atom. The topological polar surface area (TPSA) is 98.7 Å². The fourth-order valence-corrected chi connectivity index (χ4v) is 4.47. The zero-order valence-corrected chi connectivity index (χ0v) is 21.0. The van der Waals surface area contributed by atoms with E-state index in [4.69, 9.17) is 0 Å².